The summed E-state index contributed by atoms with van der Waals surface area (Å²) in [5.74, 6) is 0.542. The Balaban J connectivity index is 2.01. The molecule has 6 heteroatoms. The van der Waals surface area contributed by atoms with Crippen LogP contribution in [0.15, 0.2) is 41.1 Å². The number of rotatable bonds is 5. The van der Waals surface area contributed by atoms with Crippen molar-refractivity contribution in [1.82, 2.24) is 15.2 Å². The van der Waals surface area contributed by atoms with Crippen LogP contribution in [0.4, 0.5) is 0 Å². The Morgan fingerprint density at radius 2 is 2.30 bits per heavy atom. The monoisotopic (exact) mass is 293 g/mol. The molecule has 0 fully saturated rings. The Labute approximate surface area is 122 Å². The average molecular weight is 294 g/mol. The Morgan fingerprint density at radius 3 is 2.90 bits per heavy atom. The molecule has 20 heavy (non-hydrogen) atoms. The molecular formula is C14H16ClN3O2. The molecule has 2 aromatic heterocycles. The minimum Gasteiger partial charge on any atom is -0.468 e. The third kappa shape index (κ3) is 3.59. The van der Waals surface area contributed by atoms with Gasteiger partial charge in [-0.1, -0.05) is 11.6 Å². The first-order chi connectivity index (χ1) is 9.58. The van der Waals surface area contributed by atoms with Gasteiger partial charge < -0.3 is 9.73 Å². The number of amides is 1. The summed E-state index contributed by atoms with van der Waals surface area (Å²) in [5, 5.41) is 3.32. The summed E-state index contributed by atoms with van der Waals surface area (Å²) in [6.45, 7) is 0.424. The number of aromatic nitrogens is 1. The molecule has 0 aromatic carbocycles. The van der Waals surface area contributed by atoms with Crippen LogP contribution in [0.25, 0.3) is 0 Å². The van der Waals surface area contributed by atoms with Crippen molar-refractivity contribution < 1.29 is 9.21 Å². The predicted octanol–water partition coefficient (Wildman–Crippen LogP) is 2.36. The van der Waals surface area contributed by atoms with Crippen molar-refractivity contribution in [1.29, 1.82) is 0 Å². The summed E-state index contributed by atoms with van der Waals surface area (Å²) in [6.07, 6.45) is 3.12. The molecule has 106 valence electrons. The molecule has 1 amide bonds. The van der Waals surface area contributed by atoms with Gasteiger partial charge in [-0.05, 0) is 38.4 Å². The lowest BCUT2D eigenvalue weighted by molar-refractivity contribution is 0.0934. The zero-order chi connectivity index (χ0) is 14.5. The van der Waals surface area contributed by atoms with E-state index in [1.807, 2.05) is 31.1 Å². The van der Waals surface area contributed by atoms with Gasteiger partial charge in [0.25, 0.3) is 5.91 Å². The van der Waals surface area contributed by atoms with Crippen molar-refractivity contribution in [2.45, 2.75) is 6.04 Å². The van der Waals surface area contributed by atoms with Crippen LogP contribution in [0, 0.1) is 0 Å². The van der Waals surface area contributed by atoms with Gasteiger partial charge in [0.15, 0.2) is 0 Å². The third-order valence-electron chi connectivity index (χ3n) is 2.91. The van der Waals surface area contributed by atoms with E-state index in [9.17, 15) is 4.79 Å². The quantitative estimate of drug-likeness (QED) is 0.919. The topological polar surface area (TPSA) is 58.4 Å². The number of carbonyl (C=O) groups is 1. The van der Waals surface area contributed by atoms with Crippen molar-refractivity contribution in [2.24, 2.45) is 0 Å². The van der Waals surface area contributed by atoms with Gasteiger partial charge in [0.1, 0.15) is 11.5 Å². The summed E-state index contributed by atoms with van der Waals surface area (Å²) < 4.78 is 5.38. The van der Waals surface area contributed by atoms with Crippen LogP contribution in [0.5, 0.6) is 0 Å². The van der Waals surface area contributed by atoms with Crippen LogP contribution in [-0.2, 0) is 0 Å². The fourth-order valence-electron chi connectivity index (χ4n) is 1.83. The molecule has 2 heterocycles. The van der Waals surface area contributed by atoms with Gasteiger partial charge in [-0.25, -0.2) is 0 Å². The van der Waals surface area contributed by atoms with Gasteiger partial charge in [0.05, 0.1) is 12.3 Å². The maximum Gasteiger partial charge on any atom is 0.269 e. The fourth-order valence-corrected chi connectivity index (χ4v) is 1.99. The lowest BCUT2D eigenvalue weighted by atomic mass is 10.2. The summed E-state index contributed by atoms with van der Waals surface area (Å²) >= 11 is 5.84. The number of hydrogen-bond donors (Lipinski definition) is 1. The van der Waals surface area contributed by atoms with Crippen LogP contribution in [0.1, 0.15) is 22.3 Å². The SMILES string of the molecule is CN(C)C(CNC(=O)c1cc(Cl)ccn1)c1ccco1. The van der Waals surface area contributed by atoms with Gasteiger partial charge >= 0.3 is 0 Å². The molecule has 0 bridgehead atoms. The Morgan fingerprint density at radius 1 is 1.50 bits per heavy atom. The molecule has 0 spiro atoms. The van der Waals surface area contributed by atoms with Gasteiger partial charge in [-0.3, -0.25) is 14.7 Å². The highest BCUT2D eigenvalue weighted by Gasteiger charge is 2.18. The van der Waals surface area contributed by atoms with Crippen molar-refractivity contribution >= 4 is 17.5 Å². The fraction of sp³-hybridized carbons (Fsp3) is 0.286. The highest BCUT2D eigenvalue weighted by Crippen LogP contribution is 2.17. The average Bonchev–Trinajstić information content (AvgIpc) is 2.92. The molecule has 2 aromatic rings. The molecule has 5 nitrogen and oxygen atoms in total. The smallest absolute Gasteiger partial charge is 0.269 e. The largest absolute Gasteiger partial charge is 0.468 e. The second-order valence-corrected chi connectivity index (χ2v) is 5.00. The first-order valence-electron chi connectivity index (χ1n) is 6.17. The molecule has 0 aliphatic carbocycles. The normalized spacial score (nSPS) is 12.4. The van der Waals surface area contributed by atoms with E-state index < -0.39 is 0 Å². The van der Waals surface area contributed by atoms with Gasteiger partial charge in [-0.15, -0.1) is 0 Å². The van der Waals surface area contributed by atoms with Crippen LogP contribution < -0.4 is 5.32 Å². The number of hydrogen-bond acceptors (Lipinski definition) is 4. The third-order valence-corrected chi connectivity index (χ3v) is 3.14. The zero-order valence-electron chi connectivity index (χ0n) is 11.3. The van der Waals surface area contributed by atoms with E-state index in [1.54, 1.807) is 12.3 Å². The van der Waals surface area contributed by atoms with Gasteiger partial charge in [0, 0.05) is 17.8 Å². The highest BCUT2D eigenvalue weighted by molar-refractivity contribution is 6.30. The minimum atomic E-state index is -0.258. The molecule has 1 atom stereocenters. The highest BCUT2D eigenvalue weighted by atomic mass is 35.5. The molecule has 0 aliphatic heterocycles. The first kappa shape index (κ1) is 14.6. The Hall–Kier alpha value is -1.85. The number of carbonyl (C=O) groups excluding carboxylic acids is 1. The van der Waals surface area contributed by atoms with Crippen molar-refractivity contribution in [3.63, 3.8) is 0 Å². The van der Waals surface area contributed by atoms with Crippen molar-refractivity contribution in [3.05, 3.63) is 53.2 Å². The van der Waals surface area contributed by atoms with Crippen molar-refractivity contribution in [3.8, 4) is 0 Å². The lowest BCUT2D eigenvalue weighted by Gasteiger charge is -2.22. The molecule has 0 radical (unpaired) electrons. The standard InChI is InChI=1S/C14H16ClN3O2/c1-18(2)12(13-4-3-7-20-13)9-17-14(19)11-8-10(15)5-6-16-11/h3-8,12H,9H2,1-2H3,(H,17,19). The molecule has 1 N–H and O–H groups in total. The second kappa shape index (κ2) is 6.54. The molecule has 1 unspecified atom stereocenters. The summed E-state index contributed by atoms with van der Waals surface area (Å²) in [6, 6.07) is 6.84. The maximum atomic E-state index is 12.0. The van der Waals surface area contributed by atoms with Crippen LogP contribution >= 0.6 is 11.6 Å². The Bertz CT molecular complexity index is 570. The van der Waals surface area contributed by atoms with E-state index >= 15 is 0 Å². The van der Waals surface area contributed by atoms with E-state index in [1.165, 1.54) is 12.3 Å². The number of halogens is 1. The first-order valence-corrected chi connectivity index (χ1v) is 6.55. The van der Waals surface area contributed by atoms with Crippen LogP contribution in [-0.4, -0.2) is 36.4 Å². The van der Waals surface area contributed by atoms with Crippen LogP contribution in [0.3, 0.4) is 0 Å². The van der Waals surface area contributed by atoms with Crippen LogP contribution in [0.2, 0.25) is 5.02 Å². The number of nitrogens with one attached hydrogen (secondary N) is 1. The minimum absolute atomic E-state index is 0.0341. The zero-order valence-corrected chi connectivity index (χ0v) is 12.1. The van der Waals surface area contributed by atoms with Gasteiger partial charge in [-0.2, -0.15) is 0 Å². The molecule has 0 saturated heterocycles. The molecule has 2 rings (SSSR count). The van der Waals surface area contributed by atoms with Gasteiger partial charge in [0.2, 0.25) is 0 Å². The molecule has 0 aliphatic rings. The van der Waals surface area contributed by atoms with Crippen molar-refractivity contribution in [2.75, 3.05) is 20.6 Å². The number of likely N-dealkylation sites (N-methyl/N-ethyl adjacent to an activating group) is 1. The van der Waals surface area contributed by atoms with E-state index in [2.05, 4.69) is 10.3 Å². The van der Waals surface area contributed by atoms with E-state index in [4.69, 9.17) is 16.0 Å². The summed E-state index contributed by atoms with van der Waals surface area (Å²) in [4.78, 5) is 18.0. The second-order valence-electron chi connectivity index (χ2n) is 4.56. The number of nitrogens with zero attached hydrogens (tertiary/aromatic N) is 2. The predicted molar refractivity (Wildman–Crippen MR) is 76.7 cm³/mol. The number of furan rings is 1. The van der Waals surface area contributed by atoms with E-state index in [0.717, 1.165) is 5.76 Å². The summed E-state index contributed by atoms with van der Waals surface area (Å²) in [5.41, 5.74) is 0.300. The Kier molecular flexibility index (Phi) is 4.76. The number of pyridine rings is 1. The maximum absolute atomic E-state index is 12.0. The summed E-state index contributed by atoms with van der Waals surface area (Å²) in [7, 11) is 3.86. The van der Waals surface area contributed by atoms with E-state index in [0.29, 0.717) is 17.3 Å². The van der Waals surface area contributed by atoms with E-state index in [-0.39, 0.29) is 11.9 Å². The molecule has 0 saturated carbocycles. The molecular weight excluding hydrogens is 278 g/mol. The lowest BCUT2D eigenvalue weighted by Crippen LogP contribution is -2.34.